The van der Waals surface area contributed by atoms with Crippen LogP contribution in [0.3, 0.4) is 0 Å². The molecule has 0 saturated carbocycles. The molecule has 1 heteroatoms. The summed E-state index contributed by atoms with van der Waals surface area (Å²) < 4.78 is 0. The van der Waals surface area contributed by atoms with Gasteiger partial charge in [-0.15, -0.1) is 0 Å². The van der Waals surface area contributed by atoms with Crippen molar-refractivity contribution >= 4 is 11.3 Å². The van der Waals surface area contributed by atoms with Crippen molar-refractivity contribution in [2.24, 2.45) is 0 Å². The standard InChI is InChI=1S/C53H47N/c1-5-20-42(25-19-37-53(41-23-11-8-12-24-41)50-30-17-14-27-45(50)46-28-15-18-31-51(46)53)54(43-34-32-40(33-35-43)39-21-9-7-10-22-39)38-36-47-44-26-13-16-29-49(44)52(3,4)48(47)6-2/h5-35,37H,2,36,38H2,1,3-4H3/b20-5-,37-19?,42-25+. The summed E-state index contributed by atoms with van der Waals surface area (Å²) in [5.74, 6) is 0. The van der Waals surface area contributed by atoms with Gasteiger partial charge in [0.1, 0.15) is 0 Å². The lowest BCUT2D eigenvalue weighted by atomic mass is 9.72. The summed E-state index contributed by atoms with van der Waals surface area (Å²) in [5, 5.41) is 0. The zero-order chi connectivity index (χ0) is 37.1. The fraction of sp³-hybridized carbons (Fsp3) is 0.132. The third-order valence-electron chi connectivity index (χ3n) is 11.5. The molecule has 0 bridgehead atoms. The maximum Gasteiger partial charge on any atom is 0.0647 e. The van der Waals surface area contributed by atoms with Crippen LogP contribution < -0.4 is 4.90 Å². The number of benzene rings is 6. The Hall–Kier alpha value is -6.18. The zero-order valence-corrected chi connectivity index (χ0v) is 31.5. The molecule has 0 atom stereocenters. The van der Waals surface area contributed by atoms with E-state index >= 15 is 0 Å². The minimum absolute atomic E-state index is 0.0831. The van der Waals surface area contributed by atoms with Crippen molar-refractivity contribution in [2.75, 3.05) is 11.4 Å². The lowest BCUT2D eigenvalue weighted by Crippen LogP contribution is -2.24. The first-order valence-electron chi connectivity index (χ1n) is 19.1. The maximum atomic E-state index is 4.30. The van der Waals surface area contributed by atoms with Gasteiger partial charge < -0.3 is 4.90 Å². The Labute approximate surface area is 321 Å². The van der Waals surface area contributed by atoms with Crippen molar-refractivity contribution < 1.29 is 0 Å². The molecule has 0 aromatic heterocycles. The largest absolute Gasteiger partial charge is 0.341 e. The zero-order valence-electron chi connectivity index (χ0n) is 31.5. The van der Waals surface area contributed by atoms with E-state index in [0.717, 1.165) is 24.4 Å². The van der Waals surface area contributed by atoms with E-state index in [2.05, 4.69) is 226 Å². The minimum atomic E-state index is -0.420. The topological polar surface area (TPSA) is 3.24 Å². The number of allylic oxidation sites excluding steroid dienone is 7. The molecule has 0 unspecified atom stereocenters. The first-order valence-corrected chi connectivity index (χ1v) is 19.1. The Morgan fingerprint density at radius 1 is 0.611 bits per heavy atom. The van der Waals surface area contributed by atoms with Crippen LogP contribution in [0, 0.1) is 0 Å². The number of anilines is 1. The highest BCUT2D eigenvalue weighted by molar-refractivity contribution is 5.85. The average molecular weight is 698 g/mol. The quantitative estimate of drug-likeness (QED) is 0.122. The van der Waals surface area contributed by atoms with Crippen LogP contribution >= 0.6 is 0 Å². The molecule has 0 heterocycles. The van der Waals surface area contributed by atoms with Gasteiger partial charge in [0.25, 0.3) is 0 Å². The van der Waals surface area contributed by atoms with Crippen molar-refractivity contribution in [3.63, 3.8) is 0 Å². The minimum Gasteiger partial charge on any atom is -0.341 e. The molecule has 1 nitrogen and oxygen atoms in total. The van der Waals surface area contributed by atoms with Crippen LogP contribution in [0.2, 0.25) is 0 Å². The molecule has 0 aliphatic heterocycles. The lowest BCUT2D eigenvalue weighted by Gasteiger charge is -2.30. The molecule has 6 aromatic rings. The summed E-state index contributed by atoms with van der Waals surface area (Å²) in [6, 6.07) is 57.3. The van der Waals surface area contributed by atoms with Gasteiger partial charge in [-0.25, -0.2) is 0 Å². The van der Waals surface area contributed by atoms with Gasteiger partial charge in [-0.2, -0.15) is 0 Å². The van der Waals surface area contributed by atoms with E-state index in [-0.39, 0.29) is 5.41 Å². The van der Waals surface area contributed by atoms with E-state index in [9.17, 15) is 0 Å². The SMILES string of the molecule is C=CC1=C(CCN(C(/C=C\C)=C/C=CC2(c3ccccc3)c3ccccc3-c3ccccc32)c2ccc(-c3ccccc3)cc2)c2ccccc2C1(C)C. The number of fused-ring (bicyclic) bond motifs is 4. The van der Waals surface area contributed by atoms with Gasteiger partial charge in [0, 0.05) is 23.3 Å². The van der Waals surface area contributed by atoms with E-state index < -0.39 is 5.41 Å². The normalized spacial score (nSPS) is 15.4. The third kappa shape index (κ3) is 6.00. The van der Waals surface area contributed by atoms with E-state index in [0.29, 0.717) is 0 Å². The van der Waals surface area contributed by atoms with Crippen molar-refractivity contribution in [1.29, 1.82) is 0 Å². The molecular formula is C53H47N. The van der Waals surface area contributed by atoms with Crippen molar-refractivity contribution in [3.8, 4) is 22.3 Å². The summed E-state index contributed by atoms with van der Waals surface area (Å²) in [5.41, 5.74) is 16.1. The Morgan fingerprint density at radius 3 is 1.76 bits per heavy atom. The molecule has 2 aliphatic carbocycles. The third-order valence-corrected chi connectivity index (χ3v) is 11.5. The summed E-state index contributed by atoms with van der Waals surface area (Å²) in [7, 11) is 0. The molecule has 0 saturated heterocycles. The van der Waals surface area contributed by atoms with Crippen LogP contribution in [0.1, 0.15) is 55.0 Å². The van der Waals surface area contributed by atoms with Gasteiger partial charge in [0.2, 0.25) is 0 Å². The Balaban J connectivity index is 1.24. The monoisotopic (exact) mass is 697 g/mol. The van der Waals surface area contributed by atoms with Gasteiger partial charge in [0.05, 0.1) is 5.41 Å². The van der Waals surface area contributed by atoms with Crippen LogP contribution in [0.25, 0.3) is 27.8 Å². The number of nitrogens with zero attached hydrogens (tertiary/aromatic N) is 1. The predicted octanol–water partition coefficient (Wildman–Crippen LogP) is 13.5. The van der Waals surface area contributed by atoms with Gasteiger partial charge in [-0.3, -0.25) is 0 Å². The fourth-order valence-electron chi connectivity index (χ4n) is 8.96. The molecule has 0 amide bonds. The van der Waals surface area contributed by atoms with Crippen LogP contribution in [0.5, 0.6) is 0 Å². The first kappa shape index (κ1) is 34.9. The molecule has 54 heavy (non-hydrogen) atoms. The summed E-state index contributed by atoms with van der Waals surface area (Å²) in [6.07, 6.45) is 14.4. The van der Waals surface area contributed by atoms with Gasteiger partial charge in [-0.1, -0.05) is 190 Å². The van der Waals surface area contributed by atoms with E-state index in [1.165, 1.54) is 61.2 Å². The second-order valence-corrected chi connectivity index (χ2v) is 14.8. The smallest absolute Gasteiger partial charge is 0.0647 e. The molecular weight excluding hydrogens is 651 g/mol. The summed E-state index contributed by atoms with van der Waals surface area (Å²) >= 11 is 0. The van der Waals surface area contributed by atoms with E-state index in [1.807, 2.05) is 0 Å². The van der Waals surface area contributed by atoms with Gasteiger partial charge >= 0.3 is 0 Å². The van der Waals surface area contributed by atoms with Crippen LogP contribution in [-0.4, -0.2) is 6.54 Å². The second-order valence-electron chi connectivity index (χ2n) is 14.8. The average Bonchev–Trinajstić information content (AvgIpc) is 3.63. The van der Waals surface area contributed by atoms with Gasteiger partial charge in [0.15, 0.2) is 0 Å². The maximum absolute atomic E-state index is 4.30. The molecule has 0 N–H and O–H groups in total. The van der Waals surface area contributed by atoms with Gasteiger partial charge in [-0.05, 0) is 98.8 Å². The molecule has 2 aliphatic rings. The molecule has 8 rings (SSSR count). The second kappa shape index (κ2) is 14.7. The number of hydrogen-bond acceptors (Lipinski definition) is 1. The highest BCUT2D eigenvalue weighted by Crippen LogP contribution is 2.53. The Bertz CT molecular complexity index is 2370. The van der Waals surface area contributed by atoms with E-state index in [4.69, 9.17) is 0 Å². The molecule has 0 radical (unpaired) electrons. The molecule has 0 fully saturated rings. The summed E-state index contributed by atoms with van der Waals surface area (Å²) in [4.78, 5) is 2.48. The highest BCUT2D eigenvalue weighted by atomic mass is 15.1. The van der Waals surface area contributed by atoms with E-state index in [1.54, 1.807) is 0 Å². The molecule has 6 aromatic carbocycles. The molecule has 0 spiro atoms. The lowest BCUT2D eigenvalue weighted by molar-refractivity contribution is 0.653. The van der Waals surface area contributed by atoms with Crippen LogP contribution in [0.4, 0.5) is 5.69 Å². The van der Waals surface area contributed by atoms with Crippen molar-refractivity contribution in [3.05, 3.63) is 240 Å². The van der Waals surface area contributed by atoms with Crippen LogP contribution in [-0.2, 0) is 10.8 Å². The fourth-order valence-corrected chi connectivity index (χ4v) is 8.96. The Morgan fingerprint density at radius 2 is 1.15 bits per heavy atom. The Kier molecular flexibility index (Phi) is 9.48. The highest BCUT2D eigenvalue weighted by Gasteiger charge is 2.42. The molecule has 264 valence electrons. The van der Waals surface area contributed by atoms with Crippen molar-refractivity contribution in [2.45, 2.75) is 38.0 Å². The predicted molar refractivity (Wildman–Crippen MR) is 231 cm³/mol. The first-order chi connectivity index (χ1) is 26.5. The number of rotatable bonds is 11. The summed E-state index contributed by atoms with van der Waals surface area (Å²) in [6.45, 7) is 11.9. The number of hydrogen-bond donors (Lipinski definition) is 0. The van der Waals surface area contributed by atoms with Crippen LogP contribution in [0.15, 0.2) is 212 Å². The van der Waals surface area contributed by atoms with Crippen molar-refractivity contribution in [1.82, 2.24) is 0 Å².